The van der Waals surface area contributed by atoms with Crippen LogP contribution in [0.1, 0.15) is 0 Å². The molecule has 0 aromatic carbocycles. The van der Waals surface area contributed by atoms with Crippen LogP contribution in [0, 0.1) is 0 Å². The molecule has 7 heteroatoms. The molecule has 0 unspecified atom stereocenters. The monoisotopic (exact) mass is 219 g/mol. The SMILES string of the molecule is O=c1[nH]ccnc1N(CCO)CC(F)F. The van der Waals surface area contributed by atoms with Crippen molar-refractivity contribution in [2.24, 2.45) is 0 Å². The highest BCUT2D eigenvalue weighted by Crippen LogP contribution is 2.05. The normalized spacial score (nSPS) is 10.7. The predicted octanol–water partition coefficient (Wildman–Crippen LogP) is -0.166. The maximum atomic E-state index is 12.2. The lowest BCUT2D eigenvalue weighted by Crippen LogP contribution is -2.36. The van der Waals surface area contributed by atoms with Gasteiger partial charge in [0.15, 0.2) is 5.82 Å². The van der Waals surface area contributed by atoms with Crippen LogP contribution >= 0.6 is 0 Å². The van der Waals surface area contributed by atoms with Crippen LogP contribution in [0.25, 0.3) is 0 Å². The van der Waals surface area contributed by atoms with Crippen molar-refractivity contribution in [2.45, 2.75) is 6.43 Å². The average Bonchev–Trinajstić information content (AvgIpc) is 2.17. The standard InChI is InChI=1S/C8H11F2N3O2/c9-6(10)5-13(3-4-14)7-8(15)12-2-1-11-7/h1-2,6,14H,3-5H2,(H,12,15). The van der Waals surface area contributed by atoms with E-state index >= 15 is 0 Å². The van der Waals surface area contributed by atoms with Gasteiger partial charge in [-0.1, -0.05) is 0 Å². The van der Waals surface area contributed by atoms with E-state index in [-0.39, 0.29) is 19.0 Å². The summed E-state index contributed by atoms with van der Waals surface area (Å²) in [6.45, 7) is -0.992. The molecular weight excluding hydrogens is 208 g/mol. The van der Waals surface area contributed by atoms with E-state index < -0.39 is 18.5 Å². The largest absolute Gasteiger partial charge is 0.395 e. The fourth-order valence-electron chi connectivity index (χ4n) is 1.14. The minimum absolute atomic E-state index is 0.0512. The number of rotatable bonds is 5. The summed E-state index contributed by atoms with van der Waals surface area (Å²) in [5, 5.41) is 8.68. The van der Waals surface area contributed by atoms with Crippen molar-refractivity contribution < 1.29 is 13.9 Å². The predicted molar refractivity (Wildman–Crippen MR) is 50.2 cm³/mol. The third-order valence-electron chi connectivity index (χ3n) is 1.72. The van der Waals surface area contributed by atoms with Crippen LogP contribution in [0.4, 0.5) is 14.6 Å². The molecule has 0 fully saturated rings. The van der Waals surface area contributed by atoms with E-state index in [4.69, 9.17) is 5.11 Å². The first-order valence-corrected chi connectivity index (χ1v) is 4.32. The number of hydrogen-bond acceptors (Lipinski definition) is 4. The molecule has 0 aliphatic carbocycles. The zero-order valence-corrected chi connectivity index (χ0v) is 7.86. The number of anilines is 1. The lowest BCUT2D eigenvalue weighted by atomic mass is 10.4. The van der Waals surface area contributed by atoms with Crippen molar-refractivity contribution in [3.05, 3.63) is 22.7 Å². The molecule has 0 aliphatic heterocycles. The van der Waals surface area contributed by atoms with Gasteiger partial charge in [0.2, 0.25) is 0 Å². The Kier molecular flexibility index (Phi) is 4.17. The molecule has 1 heterocycles. The number of aromatic amines is 1. The molecule has 15 heavy (non-hydrogen) atoms. The van der Waals surface area contributed by atoms with Crippen molar-refractivity contribution in [3.63, 3.8) is 0 Å². The summed E-state index contributed by atoms with van der Waals surface area (Å²) in [7, 11) is 0. The Morgan fingerprint density at radius 2 is 2.33 bits per heavy atom. The van der Waals surface area contributed by atoms with E-state index in [1.165, 1.54) is 12.4 Å². The second-order valence-corrected chi connectivity index (χ2v) is 2.80. The number of alkyl halides is 2. The van der Waals surface area contributed by atoms with Gasteiger partial charge in [0.05, 0.1) is 13.2 Å². The smallest absolute Gasteiger partial charge is 0.290 e. The summed E-state index contributed by atoms with van der Waals surface area (Å²) in [5.74, 6) is -0.105. The van der Waals surface area contributed by atoms with E-state index in [1.807, 2.05) is 0 Å². The van der Waals surface area contributed by atoms with Crippen LogP contribution in [-0.2, 0) is 0 Å². The van der Waals surface area contributed by atoms with Crippen molar-refractivity contribution in [1.29, 1.82) is 0 Å². The highest BCUT2D eigenvalue weighted by Gasteiger charge is 2.15. The van der Waals surface area contributed by atoms with Crippen LogP contribution < -0.4 is 10.5 Å². The van der Waals surface area contributed by atoms with Gasteiger partial charge in [0.1, 0.15) is 0 Å². The van der Waals surface area contributed by atoms with Crippen LogP contribution in [0.15, 0.2) is 17.2 Å². The fraction of sp³-hybridized carbons (Fsp3) is 0.500. The van der Waals surface area contributed by atoms with Gasteiger partial charge in [-0.3, -0.25) is 4.79 Å². The Hall–Kier alpha value is -1.50. The van der Waals surface area contributed by atoms with Gasteiger partial charge in [-0.2, -0.15) is 0 Å². The van der Waals surface area contributed by atoms with E-state index in [0.717, 1.165) is 4.90 Å². The van der Waals surface area contributed by atoms with Gasteiger partial charge >= 0.3 is 0 Å². The average molecular weight is 219 g/mol. The maximum absolute atomic E-state index is 12.2. The summed E-state index contributed by atoms with van der Waals surface area (Å²) >= 11 is 0. The van der Waals surface area contributed by atoms with Crippen molar-refractivity contribution >= 4 is 5.82 Å². The molecule has 1 aromatic heterocycles. The first-order valence-electron chi connectivity index (χ1n) is 4.32. The third kappa shape index (κ3) is 3.28. The zero-order valence-electron chi connectivity index (χ0n) is 7.86. The number of halogens is 2. The van der Waals surface area contributed by atoms with Gasteiger partial charge in [0, 0.05) is 18.9 Å². The van der Waals surface area contributed by atoms with E-state index in [2.05, 4.69) is 9.97 Å². The van der Waals surface area contributed by atoms with Crippen molar-refractivity contribution in [3.8, 4) is 0 Å². The van der Waals surface area contributed by atoms with Crippen LogP contribution in [0.5, 0.6) is 0 Å². The third-order valence-corrected chi connectivity index (χ3v) is 1.72. The topological polar surface area (TPSA) is 69.2 Å². The Bertz CT molecular complexity index is 356. The molecule has 0 amide bonds. The Labute approximate surface area is 84.4 Å². The number of aromatic nitrogens is 2. The summed E-state index contributed by atoms with van der Waals surface area (Å²) in [6.07, 6.45) is 0.0238. The van der Waals surface area contributed by atoms with Crippen molar-refractivity contribution in [2.75, 3.05) is 24.6 Å². The molecule has 0 atom stereocenters. The lowest BCUT2D eigenvalue weighted by Gasteiger charge is -2.20. The molecule has 84 valence electrons. The van der Waals surface area contributed by atoms with Crippen LogP contribution in [-0.4, -0.2) is 41.2 Å². The molecule has 1 rings (SSSR count). The number of aliphatic hydroxyl groups excluding tert-OH is 1. The number of aliphatic hydroxyl groups is 1. The van der Waals surface area contributed by atoms with E-state index in [0.29, 0.717) is 0 Å². The second-order valence-electron chi connectivity index (χ2n) is 2.80. The number of hydrogen-bond donors (Lipinski definition) is 2. The summed E-state index contributed by atoms with van der Waals surface area (Å²) in [4.78, 5) is 18.3. The fourth-order valence-corrected chi connectivity index (χ4v) is 1.14. The Balaban J connectivity index is 2.88. The van der Waals surface area contributed by atoms with Gasteiger partial charge in [-0.15, -0.1) is 0 Å². The van der Waals surface area contributed by atoms with Crippen LogP contribution in [0.3, 0.4) is 0 Å². The first kappa shape index (κ1) is 11.6. The highest BCUT2D eigenvalue weighted by atomic mass is 19.3. The molecule has 0 bridgehead atoms. The summed E-state index contributed by atoms with van der Waals surface area (Å²) < 4.78 is 24.3. The molecule has 0 radical (unpaired) electrons. The number of nitrogens with one attached hydrogen (secondary N) is 1. The zero-order chi connectivity index (χ0) is 11.3. The molecule has 5 nitrogen and oxygen atoms in total. The molecule has 1 aromatic rings. The maximum Gasteiger partial charge on any atom is 0.290 e. The lowest BCUT2D eigenvalue weighted by molar-refractivity contribution is 0.152. The minimum atomic E-state index is -2.59. The van der Waals surface area contributed by atoms with E-state index in [1.54, 1.807) is 0 Å². The van der Waals surface area contributed by atoms with Crippen LogP contribution in [0.2, 0.25) is 0 Å². The molecule has 2 N–H and O–H groups in total. The molecular formula is C8H11F2N3O2. The van der Waals surface area contributed by atoms with Gasteiger partial charge in [-0.05, 0) is 0 Å². The second kappa shape index (κ2) is 5.40. The molecule has 0 saturated heterocycles. The molecule has 0 aliphatic rings. The number of nitrogens with zero attached hydrogens (tertiary/aromatic N) is 2. The van der Waals surface area contributed by atoms with Gasteiger partial charge in [-0.25, -0.2) is 13.8 Å². The van der Waals surface area contributed by atoms with Gasteiger partial charge < -0.3 is 15.0 Å². The first-order chi connectivity index (χ1) is 7.15. The number of H-pyrrole nitrogens is 1. The Morgan fingerprint density at radius 3 is 2.87 bits per heavy atom. The highest BCUT2D eigenvalue weighted by molar-refractivity contribution is 5.34. The molecule has 0 saturated carbocycles. The quantitative estimate of drug-likeness (QED) is 0.721. The van der Waals surface area contributed by atoms with E-state index in [9.17, 15) is 13.6 Å². The molecule has 0 spiro atoms. The minimum Gasteiger partial charge on any atom is -0.395 e. The summed E-state index contributed by atoms with van der Waals surface area (Å²) in [5.41, 5.74) is -0.549. The Morgan fingerprint density at radius 1 is 1.60 bits per heavy atom. The van der Waals surface area contributed by atoms with Gasteiger partial charge in [0.25, 0.3) is 12.0 Å². The van der Waals surface area contributed by atoms with Crippen molar-refractivity contribution in [1.82, 2.24) is 9.97 Å². The summed E-state index contributed by atoms with van der Waals surface area (Å²) in [6, 6.07) is 0.